The highest BCUT2D eigenvalue weighted by Gasteiger charge is 2.30. The highest BCUT2D eigenvalue weighted by molar-refractivity contribution is 9.09. The van der Waals surface area contributed by atoms with Gasteiger partial charge in [0.15, 0.2) is 0 Å². The first-order valence-corrected chi connectivity index (χ1v) is 3.73. The third-order valence-electron chi connectivity index (χ3n) is 1.24. The number of alkyl halides is 3. The molecule has 0 bridgehead atoms. The molecule has 0 unspecified atom stereocenters. The van der Waals surface area contributed by atoms with Gasteiger partial charge in [-0.05, 0) is 28.1 Å². The van der Waals surface area contributed by atoms with Gasteiger partial charge in [-0.1, -0.05) is 0 Å². The van der Waals surface area contributed by atoms with E-state index in [1.807, 2.05) is 15.9 Å². The van der Waals surface area contributed by atoms with Crippen LogP contribution < -0.4 is 0 Å². The van der Waals surface area contributed by atoms with Crippen LogP contribution in [0.25, 0.3) is 0 Å². The molecule has 5 heteroatoms. The van der Waals surface area contributed by atoms with Crippen LogP contribution in [0.15, 0.2) is 18.2 Å². The summed E-state index contributed by atoms with van der Waals surface area (Å²) in [5.41, 5.74) is -0.871. The third kappa shape index (κ3) is 1.97. The van der Waals surface area contributed by atoms with E-state index >= 15 is 0 Å². The molecular weight excluding hydrogens is 240 g/mol. The lowest BCUT2D eigenvalue weighted by molar-refractivity contribution is 0.110. The zero-order valence-electron chi connectivity index (χ0n) is 5.62. The second kappa shape index (κ2) is 3.05. The summed E-state index contributed by atoms with van der Waals surface area (Å²) in [7, 11) is 0. The third-order valence-corrected chi connectivity index (χ3v) is 1.66. The van der Waals surface area contributed by atoms with Crippen LogP contribution in [0.4, 0.5) is 17.6 Å². The van der Waals surface area contributed by atoms with Gasteiger partial charge in [0.2, 0.25) is 0 Å². The van der Waals surface area contributed by atoms with Crippen LogP contribution in [0.3, 0.4) is 0 Å². The summed E-state index contributed by atoms with van der Waals surface area (Å²) in [5, 5.41) is 0. The molecule has 0 aromatic heterocycles. The molecule has 1 rings (SSSR count). The molecule has 0 atom stereocenters. The summed E-state index contributed by atoms with van der Waals surface area (Å²) >= 11 is 1.97. The molecular formula is C7H3BrF4. The van der Waals surface area contributed by atoms with Crippen LogP contribution in [-0.2, 0) is 4.83 Å². The van der Waals surface area contributed by atoms with Gasteiger partial charge in [0, 0.05) is 6.07 Å². The molecule has 0 saturated heterocycles. The van der Waals surface area contributed by atoms with Crippen molar-refractivity contribution in [2.75, 3.05) is 0 Å². The maximum atomic E-state index is 12.6. The summed E-state index contributed by atoms with van der Waals surface area (Å²) in [6, 6.07) is 1.87. The second-order valence-corrected chi connectivity index (χ2v) is 3.12. The monoisotopic (exact) mass is 242 g/mol. The van der Waals surface area contributed by atoms with Crippen molar-refractivity contribution in [2.24, 2.45) is 0 Å². The number of rotatable bonds is 1. The van der Waals surface area contributed by atoms with Crippen molar-refractivity contribution in [1.29, 1.82) is 0 Å². The largest absolute Gasteiger partial charge is 0.329 e. The van der Waals surface area contributed by atoms with E-state index in [0.29, 0.717) is 12.1 Å². The number of benzene rings is 1. The van der Waals surface area contributed by atoms with Crippen molar-refractivity contribution < 1.29 is 17.6 Å². The Morgan fingerprint density at radius 1 is 1.17 bits per heavy atom. The van der Waals surface area contributed by atoms with E-state index in [1.165, 1.54) is 0 Å². The summed E-state index contributed by atoms with van der Waals surface area (Å²) in [4.78, 5) is -3.45. The molecule has 12 heavy (non-hydrogen) atoms. The fourth-order valence-electron chi connectivity index (χ4n) is 0.719. The summed E-state index contributed by atoms with van der Waals surface area (Å²) in [6.45, 7) is 0. The first-order chi connectivity index (χ1) is 5.41. The summed E-state index contributed by atoms with van der Waals surface area (Å²) < 4.78 is 49.6. The van der Waals surface area contributed by atoms with Crippen molar-refractivity contribution >= 4 is 15.9 Å². The Morgan fingerprint density at radius 2 is 1.75 bits per heavy atom. The molecule has 0 N–H and O–H groups in total. The molecule has 1 aromatic carbocycles. The van der Waals surface area contributed by atoms with Gasteiger partial charge in [-0.3, -0.25) is 0 Å². The normalized spacial score (nSPS) is 11.8. The molecule has 0 nitrogen and oxygen atoms in total. The lowest BCUT2D eigenvalue weighted by atomic mass is 10.2. The topological polar surface area (TPSA) is 0 Å². The fraction of sp³-hybridized carbons (Fsp3) is 0.143. The molecule has 0 aliphatic rings. The zero-order chi connectivity index (χ0) is 9.35. The number of hydrogen-bond acceptors (Lipinski definition) is 0. The Bertz CT molecular complexity index is 292. The van der Waals surface area contributed by atoms with Crippen LogP contribution in [0.5, 0.6) is 0 Å². The van der Waals surface area contributed by atoms with E-state index in [4.69, 9.17) is 0 Å². The van der Waals surface area contributed by atoms with Gasteiger partial charge in [0.1, 0.15) is 11.6 Å². The quantitative estimate of drug-likeness (QED) is 0.523. The maximum absolute atomic E-state index is 12.6. The molecule has 66 valence electrons. The fourth-order valence-corrected chi connectivity index (χ4v) is 1.04. The lowest BCUT2D eigenvalue weighted by Crippen LogP contribution is -2.05. The van der Waals surface area contributed by atoms with Crippen molar-refractivity contribution in [3.63, 3.8) is 0 Å². The van der Waals surface area contributed by atoms with Crippen LogP contribution in [0.2, 0.25) is 0 Å². The van der Waals surface area contributed by atoms with Gasteiger partial charge >= 0.3 is 4.83 Å². The van der Waals surface area contributed by atoms with E-state index < -0.39 is 22.0 Å². The Labute approximate surface area is 74.3 Å². The van der Waals surface area contributed by atoms with E-state index in [2.05, 4.69) is 0 Å². The molecule has 0 spiro atoms. The molecule has 0 amide bonds. The highest BCUT2D eigenvalue weighted by Crippen LogP contribution is 2.35. The first-order valence-electron chi connectivity index (χ1n) is 2.93. The van der Waals surface area contributed by atoms with Crippen LogP contribution in [-0.4, -0.2) is 0 Å². The Balaban J connectivity index is 3.19. The average Bonchev–Trinajstić information content (AvgIpc) is 1.83. The minimum atomic E-state index is -3.45. The van der Waals surface area contributed by atoms with Gasteiger partial charge in [0.05, 0.1) is 5.56 Å². The Hall–Kier alpha value is -0.580. The molecule has 0 fully saturated rings. The van der Waals surface area contributed by atoms with Crippen molar-refractivity contribution in [3.8, 4) is 0 Å². The van der Waals surface area contributed by atoms with Gasteiger partial charge < -0.3 is 0 Å². The molecule has 0 radical (unpaired) electrons. The van der Waals surface area contributed by atoms with Gasteiger partial charge in [-0.2, -0.15) is 8.78 Å². The van der Waals surface area contributed by atoms with E-state index in [9.17, 15) is 17.6 Å². The molecule has 0 aliphatic carbocycles. The van der Waals surface area contributed by atoms with Crippen molar-refractivity contribution in [2.45, 2.75) is 4.83 Å². The molecule has 0 saturated carbocycles. The zero-order valence-corrected chi connectivity index (χ0v) is 7.21. The predicted molar refractivity (Wildman–Crippen MR) is 39.2 cm³/mol. The Morgan fingerprint density at radius 3 is 2.17 bits per heavy atom. The number of hydrogen-bond donors (Lipinski definition) is 0. The Kier molecular flexibility index (Phi) is 2.41. The minimum Gasteiger partial charge on any atom is -0.207 e. The molecule has 1 aromatic rings. The summed E-state index contributed by atoms with van der Waals surface area (Å²) in [6.07, 6.45) is 0. The second-order valence-electron chi connectivity index (χ2n) is 2.12. The van der Waals surface area contributed by atoms with Crippen LogP contribution >= 0.6 is 15.9 Å². The highest BCUT2D eigenvalue weighted by atomic mass is 79.9. The van der Waals surface area contributed by atoms with Crippen LogP contribution in [0.1, 0.15) is 5.56 Å². The van der Waals surface area contributed by atoms with Crippen LogP contribution in [0, 0.1) is 11.6 Å². The standard InChI is InChI=1S/C7H3BrF4/c8-7(11,12)5-2-1-4(9)3-6(5)10/h1-3H. The van der Waals surface area contributed by atoms with E-state index in [1.54, 1.807) is 0 Å². The van der Waals surface area contributed by atoms with E-state index in [-0.39, 0.29) is 0 Å². The van der Waals surface area contributed by atoms with Crippen molar-refractivity contribution in [3.05, 3.63) is 35.4 Å². The van der Waals surface area contributed by atoms with Crippen molar-refractivity contribution in [1.82, 2.24) is 0 Å². The minimum absolute atomic E-state index is 0.407. The SMILES string of the molecule is Fc1ccc(C(F)(F)Br)c(F)c1. The first kappa shape index (κ1) is 9.51. The molecule has 0 heterocycles. The van der Waals surface area contributed by atoms with Gasteiger partial charge in [-0.25, -0.2) is 8.78 Å². The number of halogens is 5. The smallest absolute Gasteiger partial charge is 0.207 e. The van der Waals surface area contributed by atoms with Gasteiger partial charge in [-0.15, -0.1) is 0 Å². The summed E-state index contributed by atoms with van der Waals surface area (Å²) in [5.74, 6) is -2.15. The van der Waals surface area contributed by atoms with Gasteiger partial charge in [0.25, 0.3) is 0 Å². The van der Waals surface area contributed by atoms with E-state index in [0.717, 1.165) is 6.07 Å². The lowest BCUT2D eigenvalue weighted by Gasteiger charge is -2.08. The molecule has 0 aliphatic heterocycles. The average molecular weight is 243 g/mol. The maximum Gasteiger partial charge on any atom is 0.329 e. The predicted octanol–water partition coefficient (Wildman–Crippen LogP) is 3.41.